The molecule has 0 saturated carbocycles. The molecular weight excluding hydrogens is 418 g/mol. The third kappa shape index (κ3) is 5.94. The normalized spacial score (nSPS) is 17.8. The third-order valence-corrected chi connectivity index (χ3v) is 6.04. The number of likely N-dealkylation sites (tertiary alicyclic amines) is 1. The fraction of sp³-hybridized carbons (Fsp3) is 0.571. The van der Waals surface area contributed by atoms with E-state index < -0.39 is 6.04 Å². The molecule has 9 nitrogen and oxygen atoms in total. The Morgan fingerprint density at radius 3 is 2.77 bits per heavy atom. The molecule has 2 aromatic heterocycles. The Morgan fingerprint density at radius 1 is 1.32 bits per heavy atom. The molecule has 10 heteroatoms. The number of nitrogens with two attached hydrogens (primary N) is 1. The molecule has 31 heavy (non-hydrogen) atoms. The number of nitrogens with zero attached hydrogens (tertiary/aromatic N) is 5. The maximum absolute atomic E-state index is 12.9. The number of nitrogens with one attached hydrogen (secondary N) is 1. The summed E-state index contributed by atoms with van der Waals surface area (Å²) < 4.78 is 1.56. The van der Waals surface area contributed by atoms with Crippen molar-refractivity contribution in [1.29, 1.82) is 0 Å². The van der Waals surface area contributed by atoms with E-state index in [0.29, 0.717) is 41.5 Å². The lowest BCUT2D eigenvalue weighted by Crippen LogP contribution is -2.47. The Labute approximate surface area is 187 Å². The van der Waals surface area contributed by atoms with Crippen LogP contribution in [-0.4, -0.2) is 55.6 Å². The van der Waals surface area contributed by atoms with Crippen LogP contribution in [0.2, 0.25) is 5.15 Å². The van der Waals surface area contributed by atoms with Crippen LogP contribution in [0.1, 0.15) is 54.5 Å². The standard InChI is InChI=1S/C21H30ClN7O2/c1-13(24-20(30)17-9-11-28(3)27-17)21(31)29-10-4-5-15(8-12-29)6-7-16-18(22)25-14(2)26-19(16)23/h9,11,13,15H,4-8,10,12H2,1-3H3,(H,24,30)(H2,23,25,26)/t13-,15+/m0/s1. The van der Waals surface area contributed by atoms with Gasteiger partial charge in [-0.25, -0.2) is 9.97 Å². The van der Waals surface area contributed by atoms with E-state index in [9.17, 15) is 9.59 Å². The first-order valence-corrected chi connectivity index (χ1v) is 11.0. The summed E-state index contributed by atoms with van der Waals surface area (Å²) in [5.74, 6) is 1.07. The largest absolute Gasteiger partial charge is 0.383 e. The number of rotatable bonds is 6. The van der Waals surface area contributed by atoms with E-state index in [1.165, 1.54) is 0 Å². The zero-order valence-corrected chi connectivity index (χ0v) is 19.0. The van der Waals surface area contributed by atoms with Crippen LogP contribution in [0.5, 0.6) is 0 Å². The van der Waals surface area contributed by atoms with E-state index in [1.807, 2.05) is 4.90 Å². The molecule has 0 unspecified atom stereocenters. The van der Waals surface area contributed by atoms with Crippen LogP contribution in [-0.2, 0) is 18.3 Å². The average Bonchev–Trinajstić information content (AvgIpc) is 3.01. The molecule has 2 amide bonds. The second kappa shape index (κ2) is 10.1. The second-order valence-electron chi connectivity index (χ2n) is 8.16. The fourth-order valence-electron chi connectivity index (χ4n) is 3.98. The number of anilines is 1. The van der Waals surface area contributed by atoms with Gasteiger partial charge in [-0.05, 0) is 57.9 Å². The summed E-state index contributed by atoms with van der Waals surface area (Å²) in [5, 5.41) is 7.25. The highest BCUT2D eigenvalue weighted by Crippen LogP contribution is 2.27. The molecule has 1 aliphatic heterocycles. The maximum atomic E-state index is 12.9. The molecule has 1 aliphatic rings. The zero-order valence-electron chi connectivity index (χ0n) is 18.3. The van der Waals surface area contributed by atoms with Gasteiger partial charge >= 0.3 is 0 Å². The Morgan fingerprint density at radius 2 is 2.10 bits per heavy atom. The van der Waals surface area contributed by atoms with Gasteiger partial charge in [0, 0.05) is 31.9 Å². The van der Waals surface area contributed by atoms with Gasteiger partial charge in [-0.15, -0.1) is 0 Å². The summed E-state index contributed by atoms with van der Waals surface area (Å²) in [6.45, 7) is 4.84. The average molecular weight is 448 g/mol. The van der Waals surface area contributed by atoms with Crippen molar-refractivity contribution in [1.82, 2.24) is 30.0 Å². The maximum Gasteiger partial charge on any atom is 0.272 e. The zero-order chi connectivity index (χ0) is 22.5. The lowest BCUT2D eigenvalue weighted by atomic mass is 9.93. The Kier molecular flexibility index (Phi) is 7.48. The van der Waals surface area contributed by atoms with Gasteiger partial charge in [-0.2, -0.15) is 5.10 Å². The summed E-state index contributed by atoms with van der Waals surface area (Å²) in [4.78, 5) is 35.4. The van der Waals surface area contributed by atoms with Gasteiger partial charge in [0.25, 0.3) is 5.91 Å². The summed E-state index contributed by atoms with van der Waals surface area (Å²) in [7, 11) is 1.74. The summed E-state index contributed by atoms with van der Waals surface area (Å²) >= 11 is 6.25. The predicted molar refractivity (Wildman–Crippen MR) is 119 cm³/mol. The van der Waals surface area contributed by atoms with Crippen molar-refractivity contribution in [3.8, 4) is 0 Å². The molecular formula is C21H30ClN7O2. The first kappa shape index (κ1) is 23.0. The molecule has 0 radical (unpaired) electrons. The highest BCUT2D eigenvalue weighted by Gasteiger charge is 2.26. The number of hydrogen-bond donors (Lipinski definition) is 2. The molecule has 168 valence electrons. The number of aromatic nitrogens is 4. The van der Waals surface area contributed by atoms with Crippen molar-refractivity contribution >= 4 is 29.2 Å². The molecule has 3 N–H and O–H groups in total. The minimum Gasteiger partial charge on any atom is -0.383 e. The highest BCUT2D eigenvalue weighted by atomic mass is 35.5. The van der Waals surface area contributed by atoms with Gasteiger partial charge < -0.3 is 16.0 Å². The van der Waals surface area contributed by atoms with Crippen molar-refractivity contribution in [3.63, 3.8) is 0 Å². The second-order valence-corrected chi connectivity index (χ2v) is 8.51. The van der Waals surface area contributed by atoms with Crippen molar-refractivity contribution in [2.75, 3.05) is 18.8 Å². The molecule has 1 fully saturated rings. The topological polar surface area (TPSA) is 119 Å². The first-order chi connectivity index (χ1) is 14.7. The van der Waals surface area contributed by atoms with Gasteiger partial charge in [0.15, 0.2) is 0 Å². The lowest BCUT2D eigenvalue weighted by molar-refractivity contribution is -0.132. The van der Waals surface area contributed by atoms with Crippen LogP contribution < -0.4 is 11.1 Å². The smallest absolute Gasteiger partial charge is 0.272 e. The van der Waals surface area contributed by atoms with Crippen molar-refractivity contribution in [3.05, 3.63) is 34.5 Å². The molecule has 2 atom stereocenters. The number of nitrogen functional groups attached to an aromatic ring is 1. The molecule has 1 saturated heterocycles. The molecule has 0 bridgehead atoms. The molecule has 3 rings (SSSR count). The van der Waals surface area contributed by atoms with Gasteiger partial charge in [0.1, 0.15) is 28.5 Å². The number of carbonyl (C=O) groups is 2. The van der Waals surface area contributed by atoms with Crippen LogP contribution in [0.25, 0.3) is 0 Å². The first-order valence-electron chi connectivity index (χ1n) is 10.6. The molecule has 0 aromatic carbocycles. The predicted octanol–water partition coefficient (Wildman–Crippen LogP) is 2.13. The quantitative estimate of drug-likeness (QED) is 0.654. The van der Waals surface area contributed by atoms with Crippen LogP contribution >= 0.6 is 11.6 Å². The van der Waals surface area contributed by atoms with Gasteiger partial charge in [0.05, 0.1) is 0 Å². The Hall–Kier alpha value is -2.68. The van der Waals surface area contributed by atoms with E-state index in [-0.39, 0.29) is 11.8 Å². The lowest BCUT2D eigenvalue weighted by Gasteiger charge is -2.24. The van der Waals surface area contributed by atoms with E-state index in [4.69, 9.17) is 17.3 Å². The number of halogens is 1. The van der Waals surface area contributed by atoms with E-state index >= 15 is 0 Å². The van der Waals surface area contributed by atoms with Gasteiger partial charge in [0.2, 0.25) is 5.91 Å². The Bertz CT molecular complexity index is 923. The summed E-state index contributed by atoms with van der Waals surface area (Å²) in [6.07, 6.45) is 6.19. The number of amides is 2. The van der Waals surface area contributed by atoms with Crippen LogP contribution in [0, 0.1) is 12.8 Å². The number of carbonyl (C=O) groups excluding carboxylic acids is 2. The molecule has 3 heterocycles. The third-order valence-electron chi connectivity index (χ3n) is 5.73. The monoisotopic (exact) mass is 447 g/mol. The fourth-order valence-corrected chi connectivity index (χ4v) is 4.29. The summed E-state index contributed by atoms with van der Waals surface area (Å²) in [5.41, 5.74) is 7.12. The number of hydrogen-bond acceptors (Lipinski definition) is 6. The van der Waals surface area contributed by atoms with Crippen molar-refractivity contribution in [2.45, 2.75) is 52.0 Å². The van der Waals surface area contributed by atoms with Crippen molar-refractivity contribution in [2.24, 2.45) is 13.0 Å². The molecule has 0 aliphatic carbocycles. The minimum absolute atomic E-state index is 0.0656. The molecule has 2 aromatic rings. The van der Waals surface area contributed by atoms with Crippen LogP contribution in [0.15, 0.2) is 12.3 Å². The molecule has 0 spiro atoms. The number of aryl methyl sites for hydroxylation is 2. The highest BCUT2D eigenvalue weighted by molar-refractivity contribution is 6.30. The minimum atomic E-state index is -0.602. The SMILES string of the molecule is Cc1nc(N)c(CC[C@H]2CCCN(C(=O)[C@H](C)NC(=O)c3ccn(C)n3)CC2)c(Cl)n1. The van der Waals surface area contributed by atoms with Crippen LogP contribution in [0.3, 0.4) is 0 Å². The van der Waals surface area contributed by atoms with E-state index in [1.54, 1.807) is 37.8 Å². The summed E-state index contributed by atoms with van der Waals surface area (Å²) in [6, 6.07) is 1.02. The van der Waals surface area contributed by atoms with E-state index in [0.717, 1.165) is 37.7 Å². The Balaban J connectivity index is 1.51. The van der Waals surface area contributed by atoms with Gasteiger partial charge in [-0.1, -0.05) is 11.6 Å². The van der Waals surface area contributed by atoms with Crippen LogP contribution in [0.4, 0.5) is 5.82 Å². The van der Waals surface area contributed by atoms with E-state index in [2.05, 4.69) is 20.4 Å². The van der Waals surface area contributed by atoms with Crippen molar-refractivity contribution < 1.29 is 9.59 Å². The van der Waals surface area contributed by atoms with Gasteiger partial charge in [-0.3, -0.25) is 14.3 Å².